The van der Waals surface area contributed by atoms with E-state index in [0.717, 1.165) is 12.1 Å². The predicted molar refractivity (Wildman–Crippen MR) is 68.3 cm³/mol. The van der Waals surface area contributed by atoms with Crippen molar-refractivity contribution in [3.05, 3.63) is 23.4 Å². The van der Waals surface area contributed by atoms with E-state index in [9.17, 15) is 18.0 Å². The predicted octanol–water partition coefficient (Wildman–Crippen LogP) is 2.73. The van der Waals surface area contributed by atoms with Crippen LogP contribution in [0.5, 0.6) is 0 Å². The summed E-state index contributed by atoms with van der Waals surface area (Å²) in [6.07, 6.45) is -4.07. The molecular formula is C13H14F3N3O2. The highest BCUT2D eigenvalue weighted by Gasteiger charge is 2.33. The van der Waals surface area contributed by atoms with Crippen LogP contribution in [0.25, 0.3) is 0 Å². The van der Waals surface area contributed by atoms with Gasteiger partial charge in [-0.1, -0.05) is 0 Å². The Balaban J connectivity index is 2.65. The molecular weight excluding hydrogens is 287 g/mol. The molecule has 1 aromatic heterocycles. The van der Waals surface area contributed by atoms with Gasteiger partial charge in [0.05, 0.1) is 12.2 Å². The second kappa shape index (κ2) is 7.47. The monoisotopic (exact) mass is 301 g/mol. The second-order valence-electron chi connectivity index (χ2n) is 4.04. The third-order valence-corrected chi connectivity index (χ3v) is 2.46. The molecule has 0 saturated carbocycles. The fourth-order valence-electron chi connectivity index (χ4n) is 1.51. The molecule has 0 aliphatic rings. The van der Waals surface area contributed by atoms with Crippen molar-refractivity contribution in [3.8, 4) is 6.07 Å². The number of ether oxygens (including phenoxy) is 1. The number of esters is 1. The van der Waals surface area contributed by atoms with Crippen LogP contribution in [0, 0.1) is 11.3 Å². The number of rotatable bonds is 6. The van der Waals surface area contributed by atoms with E-state index in [1.807, 2.05) is 0 Å². The lowest BCUT2D eigenvalue weighted by Gasteiger charge is -2.11. The highest BCUT2D eigenvalue weighted by molar-refractivity contribution is 5.69. The van der Waals surface area contributed by atoms with E-state index in [0.29, 0.717) is 6.42 Å². The van der Waals surface area contributed by atoms with Crippen molar-refractivity contribution in [3.63, 3.8) is 0 Å². The van der Waals surface area contributed by atoms with E-state index >= 15 is 0 Å². The summed E-state index contributed by atoms with van der Waals surface area (Å²) >= 11 is 0. The van der Waals surface area contributed by atoms with Crippen molar-refractivity contribution in [1.29, 1.82) is 5.26 Å². The number of nitrogens with zero attached hydrogens (tertiary/aromatic N) is 2. The molecule has 0 amide bonds. The van der Waals surface area contributed by atoms with Gasteiger partial charge in [0.25, 0.3) is 0 Å². The fourth-order valence-corrected chi connectivity index (χ4v) is 1.51. The molecule has 0 aliphatic carbocycles. The molecule has 8 heteroatoms. The van der Waals surface area contributed by atoms with E-state index in [-0.39, 0.29) is 36.9 Å². The van der Waals surface area contributed by atoms with E-state index < -0.39 is 11.9 Å². The summed E-state index contributed by atoms with van der Waals surface area (Å²) in [5.74, 6) is -0.520. The average Bonchev–Trinajstić information content (AvgIpc) is 2.42. The molecule has 0 aromatic carbocycles. The lowest BCUT2D eigenvalue weighted by molar-refractivity contribution is -0.143. The van der Waals surface area contributed by atoms with Gasteiger partial charge in [0, 0.05) is 13.0 Å². The lowest BCUT2D eigenvalue weighted by Crippen LogP contribution is -2.13. The number of aromatic nitrogens is 1. The molecule has 0 fully saturated rings. The first-order chi connectivity index (χ1) is 9.88. The zero-order chi connectivity index (χ0) is 15.9. The molecule has 0 aliphatic heterocycles. The third kappa shape index (κ3) is 5.30. The molecule has 5 nitrogen and oxygen atoms in total. The second-order valence-corrected chi connectivity index (χ2v) is 4.04. The third-order valence-electron chi connectivity index (χ3n) is 2.46. The summed E-state index contributed by atoms with van der Waals surface area (Å²) in [5, 5.41) is 11.5. The van der Waals surface area contributed by atoms with Crippen LogP contribution < -0.4 is 5.32 Å². The highest BCUT2D eigenvalue weighted by Crippen LogP contribution is 2.29. The molecule has 1 N–H and O–H groups in total. The van der Waals surface area contributed by atoms with Gasteiger partial charge in [-0.3, -0.25) is 4.79 Å². The first-order valence-electron chi connectivity index (χ1n) is 6.26. The minimum absolute atomic E-state index is 0.0131. The maximum absolute atomic E-state index is 12.5. The molecule has 0 saturated heterocycles. The zero-order valence-electron chi connectivity index (χ0n) is 11.3. The maximum atomic E-state index is 12.5. The molecule has 1 heterocycles. The van der Waals surface area contributed by atoms with Crippen LogP contribution in [0.15, 0.2) is 12.1 Å². The summed E-state index contributed by atoms with van der Waals surface area (Å²) < 4.78 is 42.4. The van der Waals surface area contributed by atoms with Crippen molar-refractivity contribution >= 4 is 11.8 Å². The summed E-state index contributed by atoms with van der Waals surface area (Å²) in [6, 6.07) is 3.57. The van der Waals surface area contributed by atoms with E-state index in [2.05, 4.69) is 10.3 Å². The van der Waals surface area contributed by atoms with Crippen molar-refractivity contribution in [1.82, 2.24) is 4.98 Å². The van der Waals surface area contributed by atoms with Gasteiger partial charge in [0.2, 0.25) is 0 Å². The Morgan fingerprint density at radius 3 is 2.76 bits per heavy atom. The van der Waals surface area contributed by atoms with E-state index in [1.54, 1.807) is 13.0 Å². The maximum Gasteiger partial charge on any atom is 0.433 e. The van der Waals surface area contributed by atoms with Crippen LogP contribution in [0.4, 0.5) is 19.0 Å². The van der Waals surface area contributed by atoms with Crippen molar-refractivity contribution in [2.45, 2.75) is 25.9 Å². The molecule has 0 radical (unpaired) electrons. The van der Waals surface area contributed by atoms with Gasteiger partial charge >= 0.3 is 12.1 Å². The Morgan fingerprint density at radius 1 is 1.48 bits per heavy atom. The van der Waals surface area contributed by atoms with Crippen LogP contribution in [-0.2, 0) is 15.7 Å². The van der Waals surface area contributed by atoms with Crippen LogP contribution in [0.2, 0.25) is 0 Å². The number of hydrogen-bond donors (Lipinski definition) is 1. The van der Waals surface area contributed by atoms with Gasteiger partial charge in [0.15, 0.2) is 0 Å². The Morgan fingerprint density at radius 2 is 2.19 bits per heavy atom. The number of anilines is 1. The van der Waals surface area contributed by atoms with Gasteiger partial charge in [0.1, 0.15) is 17.6 Å². The van der Waals surface area contributed by atoms with Crippen molar-refractivity contribution < 1.29 is 22.7 Å². The van der Waals surface area contributed by atoms with E-state index in [1.165, 1.54) is 0 Å². The Kier molecular flexibility index (Phi) is 5.96. The SMILES string of the molecule is CCOC(=O)CCCNc1nc(C(F)(F)F)ccc1C#N. The van der Waals surface area contributed by atoms with Crippen LogP contribution in [0.3, 0.4) is 0 Å². The van der Waals surface area contributed by atoms with E-state index in [4.69, 9.17) is 10.00 Å². The minimum Gasteiger partial charge on any atom is -0.466 e. The van der Waals surface area contributed by atoms with Gasteiger partial charge in [-0.05, 0) is 25.5 Å². The zero-order valence-corrected chi connectivity index (χ0v) is 11.3. The van der Waals surface area contributed by atoms with Gasteiger partial charge in [-0.25, -0.2) is 4.98 Å². The quantitative estimate of drug-likeness (QED) is 0.646. The molecule has 114 valence electrons. The number of hydrogen-bond acceptors (Lipinski definition) is 5. The lowest BCUT2D eigenvalue weighted by atomic mass is 10.2. The largest absolute Gasteiger partial charge is 0.466 e. The number of carbonyl (C=O) groups is 1. The summed E-state index contributed by atoms with van der Waals surface area (Å²) in [5.41, 5.74) is -1.06. The molecule has 0 spiro atoms. The van der Waals surface area contributed by atoms with Crippen molar-refractivity contribution in [2.24, 2.45) is 0 Å². The van der Waals surface area contributed by atoms with Crippen molar-refractivity contribution in [2.75, 3.05) is 18.5 Å². The summed E-state index contributed by atoms with van der Waals surface area (Å²) in [7, 11) is 0. The van der Waals surface area contributed by atoms with Gasteiger partial charge in [-0.2, -0.15) is 18.4 Å². The smallest absolute Gasteiger partial charge is 0.433 e. The molecule has 21 heavy (non-hydrogen) atoms. The fraction of sp³-hybridized carbons (Fsp3) is 0.462. The molecule has 0 bridgehead atoms. The highest BCUT2D eigenvalue weighted by atomic mass is 19.4. The van der Waals surface area contributed by atoms with Crippen LogP contribution in [0.1, 0.15) is 31.0 Å². The number of nitrogens with one attached hydrogen (secondary N) is 1. The number of pyridine rings is 1. The number of nitriles is 1. The minimum atomic E-state index is -4.57. The molecule has 1 rings (SSSR count). The number of carbonyl (C=O) groups excluding carboxylic acids is 1. The molecule has 0 unspecified atom stereocenters. The van der Waals surface area contributed by atoms with Crippen LogP contribution >= 0.6 is 0 Å². The van der Waals surface area contributed by atoms with Crippen LogP contribution in [-0.4, -0.2) is 24.1 Å². The standard InChI is InChI=1S/C13H14F3N3O2/c1-2-21-11(20)4-3-7-18-12-9(8-17)5-6-10(19-12)13(14,15)16/h5-6H,2-4,7H2,1H3,(H,18,19). The van der Waals surface area contributed by atoms with Gasteiger partial charge in [-0.15, -0.1) is 0 Å². The first kappa shape index (κ1) is 16.8. The summed E-state index contributed by atoms with van der Waals surface area (Å²) in [4.78, 5) is 14.5. The number of halogens is 3. The first-order valence-corrected chi connectivity index (χ1v) is 6.26. The average molecular weight is 301 g/mol. The topological polar surface area (TPSA) is 75.0 Å². The Bertz CT molecular complexity index is 538. The molecule has 0 atom stereocenters. The normalized spacial score (nSPS) is 10.8. The summed E-state index contributed by atoms with van der Waals surface area (Å²) in [6.45, 7) is 2.17. The Labute approximate surface area is 119 Å². The molecule has 1 aromatic rings. The van der Waals surface area contributed by atoms with Gasteiger partial charge < -0.3 is 10.1 Å². The Hall–Kier alpha value is -2.30. The number of alkyl halides is 3.